The van der Waals surface area contributed by atoms with Crippen LogP contribution in [-0.2, 0) is 10.8 Å². The van der Waals surface area contributed by atoms with Crippen molar-refractivity contribution >= 4 is 34.0 Å². The van der Waals surface area contributed by atoms with E-state index in [0.29, 0.717) is 21.7 Å². The van der Waals surface area contributed by atoms with Crippen LogP contribution in [0, 0.1) is 5.92 Å². The predicted molar refractivity (Wildman–Crippen MR) is 74.2 cm³/mol. The molecule has 17 heavy (non-hydrogen) atoms. The smallest absolute Gasteiger partial charge is 0.0468 e. The molecule has 3 unspecified atom stereocenters. The Morgan fingerprint density at radius 2 is 2.12 bits per heavy atom. The maximum Gasteiger partial charge on any atom is 0.0468 e. The van der Waals surface area contributed by atoms with Crippen LogP contribution >= 0.6 is 23.2 Å². The van der Waals surface area contributed by atoms with E-state index >= 15 is 0 Å². The Labute approximate surface area is 114 Å². The highest BCUT2D eigenvalue weighted by atomic mass is 35.5. The minimum Gasteiger partial charge on any atom is -0.309 e. The molecule has 1 aromatic carbocycles. The molecule has 1 heterocycles. The van der Waals surface area contributed by atoms with E-state index in [9.17, 15) is 4.21 Å². The molecule has 1 fully saturated rings. The normalized spacial score (nSPS) is 29.9. The van der Waals surface area contributed by atoms with Gasteiger partial charge in [0.05, 0.1) is 0 Å². The van der Waals surface area contributed by atoms with Gasteiger partial charge in [-0.15, -0.1) is 0 Å². The van der Waals surface area contributed by atoms with Crippen LogP contribution in [0.4, 0.5) is 0 Å². The van der Waals surface area contributed by atoms with Crippen LogP contribution in [-0.4, -0.2) is 22.3 Å². The van der Waals surface area contributed by atoms with Gasteiger partial charge >= 0.3 is 0 Å². The van der Waals surface area contributed by atoms with E-state index in [1.54, 1.807) is 6.07 Å². The van der Waals surface area contributed by atoms with Gasteiger partial charge in [-0.2, -0.15) is 0 Å². The van der Waals surface area contributed by atoms with Crippen LogP contribution in [0.1, 0.15) is 18.5 Å². The molecule has 1 N–H and O–H groups in total. The van der Waals surface area contributed by atoms with Crippen molar-refractivity contribution in [3.05, 3.63) is 33.8 Å². The molecule has 1 aliphatic heterocycles. The Morgan fingerprint density at radius 3 is 2.82 bits per heavy atom. The van der Waals surface area contributed by atoms with E-state index < -0.39 is 10.8 Å². The third kappa shape index (κ3) is 3.44. The summed E-state index contributed by atoms with van der Waals surface area (Å²) in [6, 6.07) is 5.53. The fourth-order valence-electron chi connectivity index (χ4n) is 2.02. The maximum absolute atomic E-state index is 11.9. The molecule has 2 rings (SSSR count). The van der Waals surface area contributed by atoms with Crippen LogP contribution < -0.4 is 5.32 Å². The Kier molecular flexibility index (Phi) is 4.47. The van der Waals surface area contributed by atoms with Crippen LogP contribution in [0.3, 0.4) is 0 Å². The summed E-state index contributed by atoms with van der Waals surface area (Å²) in [4.78, 5) is 0. The molecule has 3 atom stereocenters. The molecule has 0 aliphatic carbocycles. The summed E-state index contributed by atoms with van der Waals surface area (Å²) in [7, 11) is -0.786. The van der Waals surface area contributed by atoms with E-state index in [-0.39, 0.29) is 6.04 Å². The quantitative estimate of drug-likeness (QED) is 0.862. The van der Waals surface area contributed by atoms with Crippen molar-refractivity contribution in [1.29, 1.82) is 0 Å². The second kappa shape index (κ2) is 5.70. The summed E-state index contributed by atoms with van der Waals surface area (Å²) in [6.45, 7) is 2.98. The molecule has 0 bridgehead atoms. The van der Waals surface area contributed by atoms with E-state index in [0.717, 1.165) is 17.9 Å². The van der Waals surface area contributed by atoms with E-state index in [1.807, 2.05) is 12.1 Å². The van der Waals surface area contributed by atoms with Crippen molar-refractivity contribution < 1.29 is 4.21 Å². The van der Waals surface area contributed by atoms with Gasteiger partial charge in [0.1, 0.15) is 0 Å². The second-order valence-electron chi connectivity index (χ2n) is 4.51. The highest BCUT2D eigenvalue weighted by molar-refractivity contribution is 7.85. The van der Waals surface area contributed by atoms with Gasteiger partial charge in [0, 0.05) is 38.4 Å². The summed E-state index contributed by atoms with van der Waals surface area (Å²) in [5.41, 5.74) is 0.985. The zero-order valence-corrected chi connectivity index (χ0v) is 11.9. The molecule has 0 spiro atoms. The van der Waals surface area contributed by atoms with Crippen molar-refractivity contribution in [2.24, 2.45) is 5.92 Å². The zero-order chi connectivity index (χ0) is 12.4. The third-order valence-electron chi connectivity index (χ3n) is 2.87. The van der Waals surface area contributed by atoms with Crippen molar-refractivity contribution in [3.63, 3.8) is 0 Å². The van der Waals surface area contributed by atoms with Gasteiger partial charge in [-0.3, -0.25) is 4.21 Å². The van der Waals surface area contributed by atoms with Crippen molar-refractivity contribution in [2.45, 2.75) is 13.0 Å². The minimum absolute atomic E-state index is 0.0607. The number of hydrogen-bond acceptors (Lipinski definition) is 2. The molecule has 94 valence electrons. The first-order chi connectivity index (χ1) is 8.06. The average molecular weight is 292 g/mol. The fourth-order valence-corrected chi connectivity index (χ4v) is 4.11. The first kappa shape index (κ1) is 13.3. The molecule has 0 amide bonds. The molecule has 2 nitrogen and oxygen atoms in total. The number of benzene rings is 1. The molecule has 1 aromatic rings. The summed E-state index contributed by atoms with van der Waals surface area (Å²) in [5.74, 6) is 1.81. The van der Waals surface area contributed by atoms with E-state index in [1.165, 1.54) is 0 Å². The molecule has 0 saturated carbocycles. The van der Waals surface area contributed by atoms with Crippen LogP contribution in [0.25, 0.3) is 0 Å². The first-order valence-electron chi connectivity index (χ1n) is 5.59. The van der Waals surface area contributed by atoms with Gasteiger partial charge in [-0.1, -0.05) is 36.2 Å². The molecular weight excluding hydrogens is 277 g/mol. The molecule has 0 radical (unpaired) electrons. The second-order valence-corrected chi connectivity index (χ2v) is 6.89. The number of hydrogen-bond donors (Lipinski definition) is 1. The van der Waals surface area contributed by atoms with Gasteiger partial charge in [-0.05, 0) is 30.2 Å². The lowest BCUT2D eigenvalue weighted by atomic mass is 10.1. The van der Waals surface area contributed by atoms with Gasteiger partial charge in [0.25, 0.3) is 0 Å². The monoisotopic (exact) mass is 291 g/mol. The summed E-state index contributed by atoms with van der Waals surface area (Å²) >= 11 is 12.1. The van der Waals surface area contributed by atoms with E-state index in [4.69, 9.17) is 23.2 Å². The lowest BCUT2D eigenvalue weighted by Crippen LogP contribution is -2.26. The summed E-state index contributed by atoms with van der Waals surface area (Å²) in [5, 5.41) is 4.68. The highest BCUT2D eigenvalue weighted by Crippen LogP contribution is 2.28. The van der Waals surface area contributed by atoms with Gasteiger partial charge in [0.2, 0.25) is 0 Å². The van der Waals surface area contributed by atoms with Gasteiger partial charge in [-0.25, -0.2) is 0 Å². The molecule has 0 aromatic heterocycles. The van der Waals surface area contributed by atoms with Crippen LogP contribution in [0.5, 0.6) is 0 Å². The molecule has 1 aliphatic rings. The topological polar surface area (TPSA) is 29.1 Å². The van der Waals surface area contributed by atoms with Crippen molar-refractivity contribution in [3.8, 4) is 0 Å². The average Bonchev–Trinajstić information content (AvgIpc) is 2.39. The number of rotatable bonds is 1. The maximum atomic E-state index is 11.9. The lowest BCUT2D eigenvalue weighted by Gasteiger charge is -2.17. The third-order valence-corrected chi connectivity index (χ3v) is 5.08. The molecule has 5 heteroatoms. The first-order valence-corrected chi connectivity index (χ1v) is 7.84. The van der Waals surface area contributed by atoms with Crippen molar-refractivity contribution in [1.82, 2.24) is 5.32 Å². The zero-order valence-electron chi connectivity index (χ0n) is 9.58. The number of nitrogens with one attached hydrogen (secondary N) is 1. The Balaban J connectivity index is 2.23. The summed E-state index contributed by atoms with van der Waals surface area (Å²) in [6.07, 6.45) is 0. The van der Waals surface area contributed by atoms with Crippen LogP contribution in [0.2, 0.25) is 10.0 Å². The van der Waals surface area contributed by atoms with E-state index in [2.05, 4.69) is 12.2 Å². The van der Waals surface area contributed by atoms with Crippen molar-refractivity contribution in [2.75, 3.05) is 18.1 Å². The van der Waals surface area contributed by atoms with Crippen LogP contribution in [0.15, 0.2) is 18.2 Å². The summed E-state index contributed by atoms with van der Waals surface area (Å²) < 4.78 is 11.9. The fraction of sp³-hybridized carbons (Fsp3) is 0.500. The molecular formula is C12H15Cl2NOS. The van der Waals surface area contributed by atoms with Gasteiger partial charge in [0.15, 0.2) is 0 Å². The largest absolute Gasteiger partial charge is 0.309 e. The van der Waals surface area contributed by atoms with Gasteiger partial charge < -0.3 is 5.32 Å². The number of halogens is 2. The minimum atomic E-state index is -0.786. The lowest BCUT2D eigenvalue weighted by molar-refractivity contribution is 0.518. The molecule has 1 saturated heterocycles. The Bertz CT molecular complexity index is 439. The standard InChI is InChI=1S/C12H15Cl2NOS/c1-8-5-15-12(7-17(16)6-8)10-3-2-9(13)4-11(10)14/h2-4,8,12,15H,5-7H2,1H3. The highest BCUT2D eigenvalue weighted by Gasteiger charge is 2.23. The Morgan fingerprint density at radius 1 is 1.35 bits per heavy atom. The SMILES string of the molecule is CC1CNC(c2ccc(Cl)cc2Cl)CS(=O)C1. The predicted octanol–water partition coefficient (Wildman–Crippen LogP) is 3.02. The Hall–Kier alpha value is -0.0900.